The first-order chi connectivity index (χ1) is 7.99. The maximum absolute atomic E-state index is 10.4. The van der Waals surface area contributed by atoms with Gasteiger partial charge >= 0.3 is 0 Å². The first-order valence-corrected chi connectivity index (χ1v) is 7.09. The van der Waals surface area contributed by atoms with Crippen molar-refractivity contribution >= 4 is 0 Å². The van der Waals surface area contributed by atoms with Crippen molar-refractivity contribution in [2.75, 3.05) is 34.3 Å². The van der Waals surface area contributed by atoms with E-state index < -0.39 is 6.29 Å². The van der Waals surface area contributed by atoms with Crippen molar-refractivity contribution in [1.29, 1.82) is 0 Å². The van der Waals surface area contributed by atoms with Crippen LogP contribution in [0.2, 0.25) is 0 Å². The van der Waals surface area contributed by atoms with Crippen molar-refractivity contribution in [1.82, 2.24) is 0 Å². The fraction of sp³-hybridized carbons (Fsp3) is 1.00. The molecule has 0 saturated heterocycles. The summed E-state index contributed by atoms with van der Waals surface area (Å²) in [6, 6.07) is 0. The van der Waals surface area contributed by atoms with E-state index in [9.17, 15) is 5.11 Å². The van der Waals surface area contributed by atoms with Gasteiger partial charge in [0.15, 0.2) is 6.29 Å². The Morgan fingerprint density at radius 2 is 1.61 bits per heavy atom. The second-order valence-corrected chi connectivity index (χ2v) is 7.50. The van der Waals surface area contributed by atoms with Gasteiger partial charge in [-0.1, -0.05) is 34.6 Å². The summed E-state index contributed by atoms with van der Waals surface area (Å²) in [5.41, 5.74) is -0.168. The van der Waals surface area contributed by atoms with E-state index >= 15 is 0 Å². The lowest BCUT2D eigenvalue weighted by atomic mass is 9.72. The number of nitrogens with zero attached hydrogens (tertiary/aromatic N) is 1. The molecule has 0 aliphatic rings. The van der Waals surface area contributed by atoms with Crippen LogP contribution in [0.5, 0.6) is 0 Å². The van der Waals surface area contributed by atoms with Crippen LogP contribution in [-0.2, 0) is 4.74 Å². The van der Waals surface area contributed by atoms with E-state index in [1.165, 1.54) is 0 Å². The predicted molar refractivity (Wildman–Crippen MR) is 77.3 cm³/mol. The highest BCUT2D eigenvalue weighted by Crippen LogP contribution is 2.38. The Bertz CT molecular complexity index is 233. The third kappa shape index (κ3) is 6.17. The van der Waals surface area contributed by atoms with E-state index in [1.807, 2.05) is 0 Å². The van der Waals surface area contributed by atoms with Gasteiger partial charge in [0.25, 0.3) is 0 Å². The first-order valence-electron chi connectivity index (χ1n) is 7.09. The Kier molecular flexibility index (Phi) is 6.83. The Labute approximate surface area is 114 Å². The van der Waals surface area contributed by atoms with Gasteiger partial charge in [-0.05, 0) is 18.3 Å². The van der Waals surface area contributed by atoms with Crippen LogP contribution in [0.25, 0.3) is 0 Å². The summed E-state index contributed by atoms with van der Waals surface area (Å²) in [6.45, 7) is 12.4. The predicted octanol–water partition coefficient (Wildman–Crippen LogP) is 2.74. The molecule has 0 aliphatic heterocycles. The number of aliphatic hydroxyl groups is 1. The molecule has 0 aliphatic carbocycles. The van der Waals surface area contributed by atoms with Gasteiger partial charge in [0.1, 0.15) is 6.54 Å². The van der Waals surface area contributed by atoms with Crippen LogP contribution >= 0.6 is 0 Å². The summed E-state index contributed by atoms with van der Waals surface area (Å²) in [4.78, 5) is 0. The Hall–Kier alpha value is -0.120. The number of hydrogen-bond acceptors (Lipinski definition) is 2. The largest absolute Gasteiger partial charge is 0.367 e. The lowest BCUT2D eigenvalue weighted by Gasteiger charge is -2.39. The quantitative estimate of drug-likeness (QED) is 0.537. The molecule has 0 spiro atoms. The van der Waals surface area contributed by atoms with Crippen molar-refractivity contribution in [2.45, 2.75) is 47.3 Å². The first kappa shape index (κ1) is 17.9. The van der Waals surface area contributed by atoms with Crippen molar-refractivity contribution in [2.24, 2.45) is 17.3 Å². The Morgan fingerprint density at radius 1 is 1.11 bits per heavy atom. The molecule has 3 heteroatoms. The number of rotatable bonds is 8. The number of hydrogen-bond donors (Lipinski definition) is 1. The molecule has 2 unspecified atom stereocenters. The fourth-order valence-electron chi connectivity index (χ4n) is 2.13. The normalized spacial score (nSPS) is 18.2. The minimum atomic E-state index is -0.675. The van der Waals surface area contributed by atoms with E-state index in [2.05, 4.69) is 55.8 Å². The van der Waals surface area contributed by atoms with Crippen LogP contribution < -0.4 is 0 Å². The molecule has 2 atom stereocenters. The molecule has 0 bridgehead atoms. The lowest BCUT2D eigenvalue weighted by molar-refractivity contribution is -0.871. The lowest BCUT2D eigenvalue weighted by Crippen LogP contribution is -2.43. The zero-order valence-electron chi connectivity index (χ0n) is 13.7. The molecule has 18 heavy (non-hydrogen) atoms. The van der Waals surface area contributed by atoms with E-state index in [4.69, 9.17) is 4.74 Å². The summed E-state index contributed by atoms with van der Waals surface area (Å²) >= 11 is 0. The molecule has 0 aromatic carbocycles. The maximum atomic E-state index is 10.4. The molecule has 0 fully saturated rings. The van der Waals surface area contributed by atoms with Gasteiger partial charge in [0.2, 0.25) is 0 Å². The van der Waals surface area contributed by atoms with Crippen LogP contribution in [0, 0.1) is 17.3 Å². The Morgan fingerprint density at radius 3 is 1.94 bits per heavy atom. The van der Waals surface area contributed by atoms with Crippen LogP contribution in [0.15, 0.2) is 0 Å². The molecule has 0 amide bonds. The second-order valence-electron chi connectivity index (χ2n) is 7.50. The molecular weight excluding hydrogens is 226 g/mol. The molecule has 1 N–H and O–H groups in total. The molecule has 3 nitrogen and oxygen atoms in total. The molecule has 0 saturated carbocycles. The smallest absolute Gasteiger partial charge is 0.160 e. The third-order valence-electron chi connectivity index (χ3n) is 3.77. The molecule has 0 heterocycles. The van der Waals surface area contributed by atoms with Gasteiger partial charge in [0.05, 0.1) is 27.7 Å². The van der Waals surface area contributed by atoms with Crippen molar-refractivity contribution < 1.29 is 14.3 Å². The van der Waals surface area contributed by atoms with Gasteiger partial charge in [-0.3, -0.25) is 0 Å². The van der Waals surface area contributed by atoms with E-state index in [0.29, 0.717) is 18.4 Å². The van der Waals surface area contributed by atoms with Gasteiger partial charge in [-0.25, -0.2) is 0 Å². The number of ether oxygens (including phenoxy) is 1. The van der Waals surface area contributed by atoms with Gasteiger partial charge in [-0.2, -0.15) is 0 Å². The van der Waals surface area contributed by atoms with Gasteiger partial charge < -0.3 is 14.3 Å². The van der Waals surface area contributed by atoms with Crippen LogP contribution in [0.3, 0.4) is 0 Å². The zero-order valence-corrected chi connectivity index (χ0v) is 13.7. The number of aliphatic hydroxyl groups excluding tert-OH is 1. The average molecular weight is 260 g/mol. The number of likely N-dealkylation sites (N-methyl/N-ethyl adjacent to an activating group) is 1. The molecule has 110 valence electrons. The summed E-state index contributed by atoms with van der Waals surface area (Å²) in [6.07, 6.45) is 0.308. The molecule has 0 radical (unpaired) electrons. The van der Waals surface area contributed by atoms with Crippen molar-refractivity contribution in [3.05, 3.63) is 0 Å². The van der Waals surface area contributed by atoms with E-state index in [0.717, 1.165) is 17.4 Å². The molecular formula is C15H34NO2+. The summed E-state index contributed by atoms with van der Waals surface area (Å²) in [5, 5.41) is 10.4. The SMILES string of the molecule is CC(C)CC(C)(C(C)C)C(O)OCC[N+](C)(C)C. The van der Waals surface area contributed by atoms with Crippen LogP contribution in [-0.4, -0.2) is 50.2 Å². The number of quaternary nitrogens is 1. The second kappa shape index (κ2) is 6.88. The van der Waals surface area contributed by atoms with Crippen LogP contribution in [0.4, 0.5) is 0 Å². The highest BCUT2D eigenvalue weighted by molar-refractivity contribution is 4.81. The molecule has 0 aromatic heterocycles. The monoisotopic (exact) mass is 260 g/mol. The van der Waals surface area contributed by atoms with Crippen molar-refractivity contribution in [3.8, 4) is 0 Å². The van der Waals surface area contributed by atoms with Crippen molar-refractivity contribution in [3.63, 3.8) is 0 Å². The summed E-state index contributed by atoms with van der Waals surface area (Å²) in [5.74, 6) is 0.966. The third-order valence-corrected chi connectivity index (χ3v) is 3.77. The summed E-state index contributed by atoms with van der Waals surface area (Å²) < 4.78 is 6.54. The van der Waals surface area contributed by atoms with E-state index in [1.54, 1.807) is 0 Å². The standard InChI is InChI=1S/C15H34NO2/c1-12(2)11-15(5,13(3)4)14(17)18-10-9-16(6,7)8/h12-14,17H,9-11H2,1-8H3/q+1. The van der Waals surface area contributed by atoms with E-state index in [-0.39, 0.29) is 5.41 Å². The topological polar surface area (TPSA) is 29.5 Å². The highest BCUT2D eigenvalue weighted by Gasteiger charge is 2.37. The average Bonchev–Trinajstić information content (AvgIpc) is 2.13. The summed E-state index contributed by atoms with van der Waals surface area (Å²) in [7, 11) is 6.39. The van der Waals surface area contributed by atoms with Gasteiger partial charge in [-0.15, -0.1) is 0 Å². The Balaban J connectivity index is 4.44. The fourth-order valence-corrected chi connectivity index (χ4v) is 2.13. The highest BCUT2D eigenvalue weighted by atomic mass is 16.6. The molecule has 0 rings (SSSR count). The minimum Gasteiger partial charge on any atom is -0.367 e. The van der Waals surface area contributed by atoms with Crippen LogP contribution in [0.1, 0.15) is 41.0 Å². The maximum Gasteiger partial charge on any atom is 0.160 e. The van der Waals surface area contributed by atoms with Gasteiger partial charge in [0, 0.05) is 5.41 Å². The minimum absolute atomic E-state index is 0.168. The molecule has 0 aromatic rings. The zero-order chi connectivity index (χ0) is 14.6.